The van der Waals surface area contributed by atoms with Gasteiger partial charge in [0.15, 0.2) is 11.5 Å². The minimum atomic E-state index is -0.277. The summed E-state index contributed by atoms with van der Waals surface area (Å²) in [7, 11) is 0. The molecule has 3 heterocycles. The molecule has 3 aromatic rings. The maximum absolute atomic E-state index is 13.4. The summed E-state index contributed by atoms with van der Waals surface area (Å²) in [6, 6.07) is 12.0. The van der Waals surface area contributed by atoms with E-state index in [0.29, 0.717) is 30.3 Å². The van der Waals surface area contributed by atoms with E-state index in [1.165, 1.54) is 12.1 Å². The van der Waals surface area contributed by atoms with Crippen molar-refractivity contribution in [2.24, 2.45) is 0 Å². The minimum absolute atomic E-state index is 0.0858. The van der Waals surface area contributed by atoms with Gasteiger partial charge in [0.2, 0.25) is 12.7 Å². The van der Waals surface area contributed by atoms with Gasteiger partial charge in [-0.1, -0.05) is 18.2 Å². The summed E-state index contributed by atoms with van der Waals surface area (Å²) in [6.07, 6.45) is 3.97. The Morgan fingerprint density at radius 1 is 1.16 bits per heavy atom. The van der Waals surface area contributed by atoms with Gasteiger partial charge in [0, 0.05) is 30.8 Å². The lowest BCUT2D eigenvalue weighted by atomic mass is 9.89. The van der Waals surface area contributed by atoms with Crippen LogP contribution in [0.3, 0.4) is 0 Å². The second-order valence-corrected chi connectivity index (χ2v) is 8.27. The van der Waals surface area contributed by atoms with Crippen LogP contribution in [0.1, 0.15) is 35.8 Å². The van der Waals surface area contributed by atoms with Gasteiger partial charge >= 0.3 is 0 Å². The number of carbonyl (C=O) groups excluding carboxylic acids is 1. The topological polar surface area (TPSA) is 64.6 Å². The number of benzene rings is 2. The van der Waals surface area contributed by atoms with Crippen molar-refractivity contribution in [3.8, 4) is 22.6 Å². The van der Waals surface area contributed by atoms with Gasteiger partial charge in [-0.25, -0.2) is 14.4 Å². The van der Waals surface area contributed by atoms with Crippen LogP contribution < -0.4 is 9.47 Å². The number of aryl methyl sites for hydroxylation is 1. The van der Waals surface area contributed by atoms with E-state index in [-0.39, 0.29) is 24.4 Å². The van der Waals surface area contributed by atoms with E-state index in [1.54, 1.807) is 18.3 Å². The number of likely N-dealkylation sites (tertiary alicyclic amines) is 1. The molecule has 5 rings (SSSR count). The first-order valence-electron chi connectivity index (χ1n) is 10.8. The quantitative estimate of drug-likeness (QED) is 0.615. The molecule has 2 aromatic carbocycles. The Hall–Kier alpha value is -3.48. The predicted molar refractivity (Wildman–Crippen MR) is 117 cm³/mol. The Kier molecular flexibility index (Phi) is 5.47. The zero-order valence-electron chi connectivity index (χ0n) is 17.9. The van der Waals surface area contributed by atoms with Crippen LogP contribution in [-0.4, -0.2) is 40.7 Å². The van der Waals surface area contributed by atoms with Crippen LogP contribution in [0.5, 0.6) is 11.5 Å². The number of fused-ring (bicyclic) bond motifs is 1. The predicted octanol–water partition coefficient (Wildman–Crippen LogP) is 4.27. The summed E-state index contributed by atoms with van der Waals surface area (Å²) in [5.41, 5.74) is 3.60. The molecule has 2 aliphatic heterocycles. The number of hydrogen-bond acceptors (Lipinski definition) is 5. The van der Waals surface area contributed by atoms with Crippen LogP contribution in [0.25, 0.3) is 11.1 Å². The van der Waals surface area contributed by atoms with Crippen molar-refractivity contribution in [2.75, 3.05) is 19.9 Å². The Labute approximate surface area is 186 Å². The molecule has 0 unspecified atom stereocenters. The lowest BCUT2D eigenvalue weighted by Gasteiger charge is -2.33. The van der Waals surface area contributed by atoms with Gasteiger partial charge < -0.3 is 14.4 Å². The fourth-order valence-electron chi connectivity index (χ4n) is 4.41. The highest BCUT2D eigenvalue weighted by molar-refractivity contribution is 5.79. The number of aromatic nitrogens is 2. The summed E-state index contributed by atoms with van der Waals surface area (Å²) >= 11 is 0. The molecule has 6 nitrogen and oxygen atoms in total. The lowest BCUT2D eigenvalue weighted by molar-refractivity contribution is -0.131. The molecule has 164 valence electrons. The maximum atomic E-state index is 13.4. The number of carbonyl (C=O) groups is 1. The van der Waals surface area contributed by atoms with Gasteiger partial charge in [0.25, 0.3) is 0 Å². The maximum Gasteiger partial charge on any atom is 0.231 e. The van der Waals surface area contributed by atoms with Crippen LogP contribution in [0, 0.1) is 12.7 Å². The fraction of sp³-hybridized carbons (Fsp3) is 0.320. The van der Waals surface area contributed by atoms with Crippen LogP contribution in [-0.2, 0) is 11.2 Å². The molecule has 1 fully saturated rings. The smallest absolute Gasteiger partial charge is 0.231 e. The van der Waals surface area contributed by atoms with E-state index >= 15 is 0 Å². The van der Waals surface area contributed by atoms with Crippen molar-refractivity contribution < 1.29 is 18.7 Å². The third kappa shape index (κ3) is 4.15. The summed E-state index contributed by atoms with van der Waals surface area (Å²) in [5, 5.41) is 0. The van der Waals surface area contributed by atoms with E-state index in [9.17, 15) is 9.18 Å². The average Bonchev–Trinajstić information content (AvgIpc) is 3.28. The molecule has 2 aliphatic rings. The Balaban J connectivity index is 1.35. The molecule has 7 heteroatoms. The summed E-state index contributed by atoms with van der Waals surface area (Å²) in [4.78, 5) is 24.1. The molecule has 1 atom stereocenters. The largest absolute Gasteiger partial charge is 0.454 e. The molecule has 0 N–H and O–H groups in total. The molecule has 1 amide bonds. The normalized spacial score (nSPS) is 17.4. The number of nitrogens with zero attached hydrogens (tertiary/aromatic N) is 3. The Morgan fingerprint density at radius 2 is 1.97 bits per heavy atom. The molecular formula is C25H24FN3O3. The molecule has 0 spiro atoms. The fourth-order valence-corrected chi connectivity index (χ4v) is 4.41. The van der Waals surface area contributed by atoms with E-state index in [0.717, 1.165) is 41.8 Å². The van der Waals surface area contributed by atoms with Crippen LogP contribution in [0.4, 0.5) is 4.39 Å². The summed E-state index contributed by atoms with van der Waals surface area (Å²) in [5.74, 6) is 2.00. The SMILES string of the molecule is Cc1ncc(-c2ccc(F)cc2)c([C@H]2CCCN(C(=O)Cc3ccc4c(c3)OCO4)C2)n1. The van der Waals surface area contributed by atoms with E-state index in [1.807, 2.05) is 30.0 Å². The lowest BCUT2D eigenvalue weighted by Crippen LogP contribution is -2.40. The van der Waals surface area contributed by atoms with Gasteiger partial charge in [-0.15, -0.1) is 0 Å². The van der Waals surface area contributed by atoms with Gasteiger partial charge in [0.05, 0.1) is 12.1 Å². The standard InChI is InChI=1S/C25H24FN3O3/c1-16-27-13-21(18-5-7-20(26)8-6-18)25(28-16)19-3-2-10-29(14-19)24(30)12-17-4-9-22-23(11-17)32-15-31-22/h4-9,11,13,19H,2-3,10,12,14-15H2,1H3/t19-/m0/s1. The van der Waals surface area contributed by atoms with Crippen LogP contribution >= 0.6 is 0 Å². The van der Waals surface area contributed by atoms with E-state index in [2.05, 4.69) is 4.98 Å². The minimum Gasteiger partial charge on any atom is -0.454 e. The third-order valence-corrected chi connectivity index (χ3v) is 6.05. The third-order valence-electron chi connectivity index (χ3n) is 6.05. The van der Waals surface area contributed by atoms with Crippen molar-refractivity contribution in [1.82, 2.24) is 14.9 Å². The number of hydrogen-bond donors (Lipinski definition) is 0. The van der Waals surface area contributed by atoms with Gasteiger partial charge in [-0.3, -0.25) is 4.79 Å². The number of rotatable bonds is 4. The van der Waals surface area contributed by atoms with Crippen molar-refractivity contribution in [3.05, 3.63) is 71.6 Å². The Morgan fingerprint density at radius 3 is 2.81 bits per heavy atom. The second-order valence-electron chi connectivity index (χ2n) is 8.27. The van der Waals surface area contributed by atoms with Gasteiger partial charge in [-0.05, 0) is 55.2 Å². The average molecular weight is 433 g/mol. The number of amides is 1. The number of halogens is 1. The molecule has 0 radical (unpaired) electrons. The molecule has 0 saturated carbocycles. The molecule has 32 heavy (non-hydrogen) atoms. The van der Waals surface area contributed by atoms with E-state index < -0.39 is 0 Å². The molecule has 1 saturated heterocycles. The van der Waals surface area contributed by atoms with Crippen LogP contribution in [0.15, 0.2) is 48.7 Å². The number of piperidine rings is 1. The van der Waals surface area contributed by atoms with E-state index in [4.69, 9.17) is 14.5 Å². The van der Waals surface area contributed by atoms with Gasteiger partial charge in [0.1, 0.15) is 11.6 Å². The van der Waals surface area contributed by atoms with Gasteiger partial charge in [-0.2, -0.15) is 0 Å². The van der Waals surface area contributed by atoms with Crippen molar-refractivity contribution in [2.45, 2.75) is 32.1 Å². The van der Waals surface area contributed by atoms with Crippen LogP contribution in [0.2, 0.25) is 0 Å². The zero-order valence-corrected chi connectivity index (χ0v) is 17.9. The number of ether oxygens (including phenoxy) is 2. The first-order valence-corrected chi connectivity index (χ1v) is 10.8. The highest BCUT2D eigenvalue weighted by Crippen LogP contribution is 2.35. The molecule has 0 bridgehead atoms. The first kappa shape index (κ1) is 20.4. The first-order chi connectivity index (χ1) is 15.6. The second kappa shape index (κ2) is 8.57. The van der Waals surface area contributed by atoms with Crippen molar-refractivity contribution in [3.63, 3.8) is 0 Å². The highest BCUT2D eigenvalue weighted by atomic mass is 19.1. The molecule has 0 aliphatic carbocycles. The zero-order chi connectivity index (χ0) is 22.1. The highest BCUT2D eigenvalue weighted by Gasteiger charge is 2.28. The van der Waals surface area contributed by atoms with Crippen molar-refractivity contribution >= 4 is 5.91 Å². The molecule has 1 aromatic heterocycles. The summed E-state index contributed by atoms with van der Waals surface area (Å²) < 4.78 is 24.2. The monoisotopic (exact) mass is 433 g/mol. The summed E-state index contributed by atoms with van der Waals surface area (Å²) in [6.45, 7) is 3.42. The Bertz CT molecular complexity index is 1150. The molecular weight excluding hydrogens is 409 g/mol. The van der Waals surface area contributed by atoms with Crippen molar-refractivity contribution in [1.29, 1.82) is 0 Å².